The Morgan fingerprint density at radius 3 is 2.35 bits per heavy atom. The molecule has 0 atom stereocenters. The van der Waals surface area contributed by atoms with Crippen LogP contribution in [-0.4, -0.2) is 26.5 Å². The zero-order valence-corrected chi connectivity index (χ0v) is 11.4. The van der Waals surface area contributed by atoms with Gasteiger partial charge in [-0.2, -0.15) is 0 Å². The summed E-state index contributed by atoms with van der Waals surface area (Å²) in [5.74, 6) is -0.268. The van der Waals surface area contributed by atoms with Crippen LogP contribution in [0.25, 0.3) is 0 Å². The Kier molecular flexibility index (Phi) is 3.67. The van der Waals surface area contributed by atoms with Crippen molar-refractivity contribution >= 4 is 20.0 Å². The average molecular weight is 255 g/mol. The Balaban J connectivity index is 3.26. The minimum atomic E-state index is -1.83. The zero-order valence-electron chi connectivity index (χ0n) is 10.4. The van der Waals surface area contributed by atoms with Crippen LogP contribution in [-0.2, 0) is 0 Å². The van der Waals surface area contributed by atoms with Gasteiger partial charge in [-0.05, 0) is 31.8 Å². The third-order valence-electron chi connectivity index (χ3n) is 1.96. The first-order valence-corrected chi connectivity index (χ1v) is 8.55. The minimum absolute atomic E-state index is 0.0854. The van der Waals surface area contributed by atoms with Crippen molar-refractivity contribution < 1.29 is 19.1 Å². The van der Waals surface area contributed by atoms with Crippen molar-refractivity contribution in [1.82, 2.24) is 0 Å². The van der Waals surface area contributed by atoms with Gasteiger partial charge < -0.3 is 20.0 Å². The van der Waals surface area contributed by atoms with Crippen molar-refractivity contribution in [2.75, 3.05) is 12.8 Å². The van der Waals surface area contributed by atoms with Gasteiger partial charge in [0, 0.05) is 0 Å². The van der Waals surface area contributed by atoms with E-state index in [4.69, 9.17) is 20.0 Å². The summed E-state index contributed by atoms with van der Waals surface area (Å²) in [6.45, 7) is 6.03. The van der Waals surface area contributed by atoms with Gasteiger partial charge in [-0.1, -0.05) is 0 Å². The Morgan fingerprint density at radius 1 is 1.35 bits per heavy atom. The molecule has 0 spiro atoms. The van der Waals surface area contributed by atoms with E-state index in [2.05, 4.69) is 0 Å². The molecule has 0 bridgehead atoms. The van der Waals surface area contributed by atoms with E-state index in [-0.39, 0.29) is 11.3 Å². The molecule has 1 aromatic rings. The second-order valence-corrected chi connectivity index (χ2v) is 9.05. The highest BCUT2D eigenvalue weighted by atomic mass is 28.4. The molecular formula is C11H17NO4Si. The molecule has 0 aromatic heterocycles. The number of carboxylic acid groups (broad SMARTS) is 1. The van der Waals surface area contributed by atoms with Gasteiger partial charge in [-0.3, -0.25) is 0 Å². The SMILES string of the molecule is COc1cc(C(=O)O)cc(N)c1O[Si](C)(C)C. The molecule has 6 heteroatoms. The topological polar surface area (TPSA) is 81.8 Å². The van der Waals surface area contributed by atoms with Gasteiger partial charge in [0.2, 0.25) is 8.32 Å². The normalized spacial score (nSPS) is 11.1. The molecule has 0 saturated heterocycles. The van der Waals surface area contributed by atoms with E-state index in [9.17, 15) is 4.79 Å². The summed E-state index contributed by atoms with van der Waals surface area (Å²) in [4.78, 5) is 10.9. The Morgan fingerprint density at radius 2 is 1.94 bits per heavy atom. The number of hydrogen-bond donors (Lipinski definition) is 2. The maximum Gasteiger partial charge on any atom is 0.335 e. The van der Waals surface area contributed by atoms with Crippen molar-refractivity contribution in [2.45, 2.75) is 19.6 Å². The molecule has 0 saturated carbocycles. The lowest BCUT2D eigenvalue weighted by Gasteiger charge is -2.22. The van der Waals surface area contributed by atoms with Crippen LogP contribution < -0.4 is 14.9 Å². The molecule has 3 N–H and O–H groups in total. The number of hydrogen-bond acceptors (Lipinski definition) is 4. The van der Waals surface area contributed by atoms with E-state index >= 15 is 0 Å². The molecule has 5 nitrogen and oxygen atoms in total. The maximum absolute atomic E-state index is 10.9. The fraction of sp³-hybridized carbons (Fsp3) is 0.364. The third-order valence-corrected chi connectivity index (χ3v) is 2.78. The molecule has 94 valence electrons. The molecule has 0 heterocycles. The average Bonchev–Trinajstić information content (AvgIpc) is 2.18. The first kappa shape index (κ1) is 13.4. The number of benzene rings is 1. The molecule has 0 unspecified atom stereocenters. The summed E-state index contributed by atoms with van der Waals surface area (Å²) < 4.78 is 10.9. The molecule has 0 fully saturated rings. The van der Waals surface area contributed by atoms with Gasteiger partial charge in [-0.25, -0.2) is 4.79 Å². The highest BCUT2D eigenvalue weighted by Crippen LogP contribution is 2.36. The van der Waals surface area contributed by atoms with Gasteiger partial charge in [0.05, 0.1) is 18.4 Å². The zero-order chi connectivity index (χ0) is 13.2. The lowest BCUT2D eigenvalue weighted by atomic mass is 10.2. The summed E-state index contributed by atoms with van der Waals surface area (Å²) in [6.07, 6.45) is 0. The fourth-order valence-corrected chi connectivity index (χ4v) is 2.15. The molecular weight excluding hydrogens is 238 g/mol. The van der Waals surface area contributed by atoms with Gasteiger partial charge in [0.25, 0.3) is 0 Å². The third kappa shape index (κ3) is 3.38. The number of nitrogen functional groups attached to an aromatic ring is 1. The molecule has 0 amide bonds. The smallest absolute Gasteiger partial charge is 0.335 e. The molecule has 1 rings (SSSR count). The summed E-state index contributed by atoms with van der Waals surface area (Å²) >= 11 is 0. The first-order valence-electron chi connectivity index (χ1n) is 5.14. The van der Waals surface area contributed by atoms with Crippen molar-refractivity contribution in [2.24, 2.45) is 0 Å². The van der Waals surface area contributed by atoms with E-state index in [0.29, 0.717) is 11.5 Å². The second kappa shape index (κ2) is 4.66. The monoisotopic (exact) mass is 255 g/mol. The minimum Gasteiger partial charge on any atom is -0.540 e. The highest BCUT2D eigenvalue weighted by Gasteiger charge is 2.22. The number of nitrogens with two attached hydrogens (primary N) is 1. The van der Waals surface area contributed by atoms with Crippen LogP contribution >= 0.6 is 0 Å². The Hall–Kier alpha value is -1.69. The van der Waals surface area contributed by atoms with Gasteiger partial charge in [0.15, 0.2) is 11.5 Å². The predicted octanol–water partition coefficient (Wildman–Crippen LogP) is 2.19. The largest absolute Gasteiger partial charge is 0.540 e. The molecule has 0 aliphatic carbocycles. The summed E-state index contributed by atoms with van der Waals surface area (Å²) in [7, 11) is -0.373. The number of carbonyl (C=O) groups is 1. The lowest BCUT2D eigenvalue weighted by Crippen LogP contribution is -2.30. The second-order valence-electron chi connectivity index (χ2n) is 4.62. The summed E-state index contributed by atoms with van der Waals surface area (Å²) in [5, 5.41) is 8.91. The van der Waals surface area contributed by atoms with Crippen LogP contribution in [0.3, 0.4) is 0 Å². The van der Waals surface area contributed by atoms with Crippen LogP contribution in [0, 0.1) is 0 Å². The van der Waals surface area contributed by atoms with E-state index < -0.39 is 14.3 Å². The number of ether oxygens (including phenoxy) is 1. The standard InChI is InChI=1S/C11H17NO4Si/c1-15-9-6-7(11(13)14)5-8(12)10(9)16-17(2,3)4/h5-6H,12H2,1-4H3,(H,13,14). The van der Waals surface area contributed by atoms with E-state index in [1.54, 1.807) is 0 Å². The number of rotatable bonds is 4. The van der Waals surface area contributed by atoms with E-state index in [1.165, 1.54) is 19.2 Å². The van der Waals surface area contributed by atoms with Crippen LogP contribution in [0.1, 0.15) is 10.4 Å². The fourth-order valence-electron chi connectivity index (χ4n) is 1.31. The molecule has 0 aliphatic heterocycles. The lowest BCUT2D eigenvalue weighted by molar-refractivity contribution is 0.0696. The number of aromatic carboxylic acids is 1. The van der Waals surface area contributed by atoms with Crippen LogP contribution in [0.15, 0.2) is 12.1 Å². The first-order chi connectivity index (χ1) is 7.74. The van der Waals surface area contributed by atoms with Crippen LogP contribution in [0.4, 0.5) is 5.69 Å². The number of carboxylic acids is 1. The number of methoxy groups -OCH3 is 1. The Labute approximate surface area is 101 Å². The van der Waals surface area contributed by atoms with Crippen LogP contribution in [0.2, 0.25) is 19.6 Å². The van der Waals surface area contributed by atoms with Gasteiger partial charge in [-0.15, -0.1) is 0 Å². The van der Waals surface area contributed by atoms with E-state index in [0.717, 1.165) is 0 Å². The molecule has 17 heavy (non-hydrogen) atoms. The quantitative estimate of drug-likeness (QED) is 0.636. The van der Waals surface area contributed by atoms with Crippen LogP contribution in [0.5, 0.6) is 11.5 Å². The molecule has 0 aliphatic rings. The Bertz CT molecular complexity index is 440. The van der Waals surface area contributed by atoms with Crippen molar-refractivity contribution in [3.05, 3.63) is 17.7 Å². The van der Waals surface area contributed by atoms with Gasteiger partial charge in [0.1, 0.15) is 0 Å². The maximum atomic E-state index is 10.9. The summed E-state index contributed by atoms with van der Waals surface area (Å²) in [6, 6.07) is 2.79. The van der Waals surface area contributed by atoms with Crippen molar-refractivity contribution in [3.8, 4) is 11.5 Å². The molecule has 0 radical (unpaired) electrons. The van der Waals surface area contributed by atoms with Gasteiger partial charge >= 0.3 is 5.97 Å². The predicted molar refractivity (Wildman–Crippen MR) is 68.3 cm³/mol. The highest BCUT2D eigenvalue weighted by molar-refractivity contribution is 6.70. The summed E-state index contributed by atoms with van der Waals surface area (Å²) in [5.41, 5.74) is 6.16. The van der Waals surface area contributed by atoms with Crippen molar-refractivity contribution in [1.29, 1.82) is 0 Å². The molecule has 1 aromatic carbocycles. The number of anilines is 1. The van der Waals surface area contributed by atoms with Crippen molar-refractivity contribution in [3.63, 3.8) is 0 Å². The van der Waals surface area contributed by atoms with E-state index in [1.807, 2.05) is 19.6 Å².